The van der Waals surface area contributed by atoms with Gasteiger partial charge in [-0.1, -0.05) is 0 Å². The summed E-state index contributed by atoms with van der Waals surface area (Å²) >= 11 is 0. The van der Waals surface area contributed by atoms with Crippen molar-refractivity contribution in [2.45, 2.75) is 50.2 Å². The number of carboxylic acid groups (broad SMARTS) is 1. The zero-order valence-electron chi connectivity index (χ0n) is 11.6. The second-order valence-corrected chi connectivity index (χ2v) is 5.96. The van der Waals surface area contributed by atoms with E-state index in [0.717, 1.165) is 11.3 Å². The average molecular weight is 308 g/mol. The van der Waals surface area contributed by atoms with Crippen molar-refractivity contribution in [2.75, 3.05) is 13.1 Å². The number of hydrogen-bond donors (Lipinski definition) is 2. The van der Waals surface area contributed by atoms with E-state index in [1.54, 1.807) is 0 Å². The van der Waals surface area contributed by atoms with Gasteiger partial charge < -0.3 is 15.3 Å². The van der Waals surface area contributed by atoms with Gasteiger partial charge in [0.05, 0.1) is 17.9 Å². The van der Waals surface area contributed by atoms with Crippen LogP contribution in [0.3, 0.4) is 0 Å². The van der Waals surface area contributed by atoms with Crippen LogP contribution < -0.4 is 5.32 Å². The highest BCUT2D eigenvalue weighted by atomic mass is 19.4. The molecule has 2 amide bonds. The van der Waals surface area contributed by atoms with Crippen LogP contribution in [0, 0.1) is 5.92 Å². The number of urea groups is 1. The molecule has 1 saturated heterocycles. The summed E-state index contributed by atoms with van der Waals surface area (Å²) in [6.45, 7) is -0.0694. The summed E-state index contributed by atoms with van der Waals surface area (Å²) in [6.07, 6.45) is -2.21. The third-order valence-electron chi connectivity index (χ3n) is 4.34. The molecule has 0 bridgehead atoms. The van der Waals surface area contributed by atoms with Gasteiger partial charge >= 0.3 is 18.2 Å². The first-order chi connectivity index (χ1) is 9.72. The van der Waals surface area contributed by atoms with Gasteiger partial charge in [-0.05, 0) is 32.1 Å². The molecule has 2 rings (SSSR count). The molecule has 0 spiro atoms. The molecule has 0 aromatic rings. The van der Waals surface area contributed by atoms with Gasteiger partial charge in [-0.25, -0.2) is 4.79 Å². The molecule has 2 fully saturated rings. The number of carbonyl (C=O) groups is 2. The summed E-state index contributed by atoms with van der Waals surface area (Å²) in [5.41, 5.74) is -0.784. The van der Waals surface area contributed by atoms with Crippen LogP contribution in [-0.2, 0) is 4.79 Å². The van der Waals surface area contributed by atoms with Crippen molar-refractivity contribution in [1.29, 1.82) is 0 Å². The Kier molecular flexibility index (Phi) is 4.34. The Balaban J connectivity index is 1.95. The minimum atomic E-state index is -4.30. The Hall–Kier alpha value is -1.47. The van der Waals surface area contributed by atoms with E-state index in [2.05, 4.69) is 5.32 Å². The number of likely N-dealkylation sites (tertiary alicyclic amines) is 1. The van der Waals surface area contributed by atoms with Gasteiger partial charge in [-0.15, -0.1) is 0 Å². The van der Waals surface area contributed by atoms with E-state index in [1.807, 2.05) is 0 Å². The largest absolute Gasteiger partial charge is 0.481 e. The van der Waals surface area contributed by atoms with Crippen LogP contribution in [0.1, 0.15) is 38.5 Å². The van der Waals surface area contributed by atoms with Crippen molar-refractivity contribution in [3.8, 4) is 0 Å². The molecule has 1 atom stereocenters. The highest BCUT2D eigenvalue weighted by molar-refractivity contribution is 5.77. The number of carbonyl (C=O) groups excluding carboxylic acids is 1. The van der Waals surface area contributed by atoms with E-state index in [-0.39, 0.29) is 25.9 Å². The van der Waals surface area contributed by atoms with Crippen molar-refractivity contribution in [2.24, 2.45) is 5.92 Å². The number of carboxylic acids is 1. The smallest absolute Gasteiger partial charge is 0.393 e. The number of piperidine rings is 1. The summed E-state index contributed by atoms with van der Waals surface area (Å²) in [7, 11) is 0. The SMILES string of the molecule is O=C(O)CC1(NC(=O)N2CCCC(C(F)(F)F)C2)CCC1. The van der Waals surface area contributed by atoms with Crippen LogP contribution in [0.15, 0.2) is 0 Å². The minimum Gasteiger partial charge on any atom is -0.481 e. The number of aliphatic carboxylic acids is 1. The van der Waals surface area contributed by atoms with Gasteiger partial charge in [0.1, 0.15) is 0 Å². The van der Waals surface area contributed by atoms with Gasteiger partial charge in [0.15, 0.2) is 0 Å². The summed E-state index contributed by atoms with van der Waals surface area (Å²) in [5.74, 6) is -2.50. The van der Waals surface area contributed by atoms with Crippen LogP contribution in [-0.4, -0.2) is 46.8 Å². The van der Waals surface area contributed by atoms with E-state index >= 15 is 0 Å². The molecule has 1 aliphatic heterocycles. The number of halogens is 3. The van der Waals surface area contributed by atoms with Gasteiger partial charge in [-0.3, -0.25) is 4.79 Å². The number of alkyl halides is 3. The molecule has 2 N–H and O–H groups in total. The summed E-state index contributed by atoms with van der Waals surface area (Å²) in [5, 5.41) is 11.5. The van der Waals surface area contributed by atoms with Crippen molar-refractivity contribution < 1.29 is 27.9 Å². The lowest BCUT2D eigenvalue weighted by atomic mass is 9.74. The van der Waals surface area contributed by atoms with E-state index < -0.39 is 29.6 Å². The van der Waals surface area contributed by atoms with Gasteiger partial charge in [-0.2, -0.15) is 13.2 Å². The van der Waals surface area contributed by atoms with Gasteiger partial charge in [0.25, 0.3) is 0 Å². The zero-order chi connectivity index (χ0) is 15.7. The lowest BCUT2D eigenvalue weighted by molar-refractivity contribution is -0.184. The van der Waals surface area contributed by atoms with Crippen LogP contribution in [0.5, 0.6) is 0 Å². The topological polar surface area (TPSA) is 69.6 Å². The maximum atomic E-state index is 12.7. The van der Waals surface area contributed by atoms with E-state index in [0.29, 0.717) is 19.3 Å². The molecule has 2 aliphatic rings. The van der Waals surface area contributed by atoms with Crippen LogP contribution in [0.25, 0.3) is 0 Å². The number of amides is 2. The third kappa shape index (κ3) is 3.79. The molecular weight excluding hydrogens is 289 g/mol. The van der Waals surface area contributed by atoms with E-state index in [1.165, 1.54) is 0 Å². The van der Waals surface area contributed by atoms with Crippen molar-refractivity contribution >= 4 is 12.0 Å². The molecule has 1 saturated carbocycles. The second kappa shape index (κ2) is 5.73. The van der Waals surface area contributed by atoms with Crippen LogP contribution in [0.4, 0.5) is 18.0 Å². The molecule has 0 radical (unpaired) electrons. The summed E-state index contributed by atoms with van der Waals surface area (Å²) < 4.78 is 38.2. The predicted octanol–water partition coefficient (Wildman–Crippen LogP) is 2.37. The van der Waals surface area contributed by atoms with Crippen LogP contribution in [0.2, 0.25) is 0 Å². The fourth-order valence-electron chi connectivity index (χ4n) is 2.97. The molecule has 0 aromatic carbocycles. The Morgan fingerprint density at radius 3 is 2.43 bits per heavy atom. The molecule has 1 heterocycles. The number of rotatable bonds is 3. The Morgan fingerprint density at radius 1 is 1.29 bits per heavy atom. The fraction of sp³-hybridized carbons (Fsp3) is 0.846. The maximum absolute atomic E-state index is 12.7. The number of nitrogens with one attached hydrogen (secondary N) is 1. The quantitative estimate of drug-likeness (QED) is 0.841. The molecule has 1 aliphatic carbocycles. The van der Waals surface area contributed by atoms with Gasteiger partial charge in [0, 0.05) is 13.1 Å². The molecule has 8 heteroatoms. The molecule has 1 unspecified atom stereocenters. The molecule has 5 nitrogen and oxygen atoms in total. The minimum absolute atomic E-state index is 0.0353. The first-order valence-electron chi connectivity index (χ1n) is 7.07. The van der Waals surface area contributed by atoms with E-state index in [9.17, 15) is 22.8 Å². The highest BCUT2D eigenvalue weighted by Crippen LogP contribution is 2.36. The normalized spacial score (nSPS) is 25.1. The zero-order valence-corrected chi connectivity index (χ0v) is 11.6. The maximum Gasteiger partial charge on any atom is 0.393 e. The van der Waals surface area contributed by atoms with Crippen molar-refractivity contribution in [3.05, 3.63) is 0 Å². The third-order valence-corrected chi connectivity index (χ3v) is 4.34. The predicted molar refractivity (Wildman–Crippen MR) is 67.7 cm³/mol. The first-order valence-corrected chi connectivity index (χ1v) is 7.07. The molecule has 0 aromatic heterocycles. The monoisotopic (exact) mass is 308 g/mol. The standard InChI is InChI=1S/C13H19F3N2O3/c14-13(15,16)9-3-1-6-18(8-9)11(21)17-12(4-2-5-12)7-10(19)20/h9H,1-8H2,(H,17,21)(H,19,20). The lowest BCUT2D eigenvalue weighted by Crippen LogP contribution is -2.59. The second-order valence-electron chi connectivity index (χ2n) is 5.96. The Bertz CT molecular complexity index is 421. The molecule has 21 heavy (non-hydrogen) atoms. The van der Waals surface area contributed by atoms with Gasteiger partial charge in [0.2, 0.25) is 0 Å². The fourth-order valence-corrected chi connectivity index (χ4v) is 2.97. The Labute approximate surface area is 120 Å². The number of nitrogens with zero attached hydrogens (tertiary/aromatic N) is 1. The molecule has 120 valence electrons. The summed E-state index contributed by atoms with van der Waals surface area (Å²) in [6, 6.07) is -0.579. The Morgan fingerprint density at radius 2 is 1.95 bits per heavy atom. The molecular formula is C13H19F3N2O3. The van der Waals surface area contributed by atoms with Crippen molar-refractivity contribution in [1.82, 2.24) is 10.2 Å². The number of hydrogen-bond acceptors (Lipinski definition) is 2. The lowest BCUT2D eigenvalue weighted by Gasteiger charge is -2.43. The van der Waals surface area contributed by atoms with Crippen LogP contribution >= 0.6 is 0 Å². The van der Waals surface area contributed by atoms with E-state index in [4.69, 9.17) is 5.11 Å². The van der Waals surface area contributed by atoms with Crippen molar-refractivity contribution in [3.63, 3.8) is 0 Å². The first kappa shape index (κ1) is 15.9. The highest BCUT2D eigenvalue weighted by Gasteiger charge is 2.45. The summed E-state index contributed by atoms with van der Waals surface area (Å²) in [4.78, 5) is 24.1. The average Bonchev–Trinajstić information content (AvgIpc) is 2.34.